The molecule has 9 nitrogen and oxygen atoms in total. The van der Waals surface area contributed by atoms with Gasteiger partial charge in [0, 0.05) is 26.2 Å². The fraction of sp³-hybridized carbons (Fsp3) is 0.312. The zero-order valence-corrected chi connectivity index (χ0v) is 14.9. The normalized spacial score (nSPS) is 16.1. The van der Waals surface area contributed by atoms with E-state index in [4.69, 9.17) is 4.42 Å². The van der Waals surface area contributed by atoms with Crippen molar-refractivity contribution >= 4 is 21.8 Å². The molecule has 144 valence electrons. The lowest BCUT2D eigenvalue weighted by Crippen LogP contribution is -2.37. The molecular formula is C16H16FN3O6S. The zero-order chi connectivity index (χ0) is 19.6. The molecule has 0 saturated carbocycles. The summed E-state index contributed by atoms with van der Waals surface area (Å²) < 4.78 is 44.5. The van der Waals surface area contributed by atoms with Crippen LogP contribution in [0, 0.1) is 15.9 Å². The highest BCUT2D eigenvalue weighted by Gasteiger charge is 2.30. The summed E-state index contributed by atoms with van der Waals surface area (Å²) >= 11 is 0. The van der Waals surface area contributed by atoms with E-state index < -0.39 is 32.6 Å². The highest BCUT2D eigenvalue weighted by molar-refractivity contribution is 7.89. The Kier molecular flexibility index (Phi) is 5.24. The lowest BCUT2D eigenvalue weighted by molar-refractivity contribution is -0.402. The Morgan fingerprint density at radius 1 is 1.07 bits per heavy atom. The molecule has 1 aliphatic rings. The fourth-order valence-corrected chi connectivity index (χ4v) is 4.26. The summed E-state index contributed by atoms with van der Waals surface area (Å²) in [6.45, 7) is 0.632. The number of nitrogens with zero attached hydrogens (tertiary/aromatic N) is 3. The highest BCUT2D eigenvalue weighted by Crippen LogP contribution is 2.21. The lowest BCUT2D eigenvalue weighted by atomic mass is 10.3. The van der Waals surface area contributed by atoms with Crippen molar-refractivity contribution in [1.82, 2.24) is 9.21 Å². The third-order valence-electron chi connectivity index (χ3n) is 4.18. The molecule has 1 aromatic carbocycles. The summed E-state index contributed by atoms with van der Waals surface area (Å²) in [4.78, 5) is 23.7. The molecule has 11 heteroatoms. The van der Waals surface area contributed by atoms with Crippen molar-refractivity contribution in [1.29, 1.82) is 0 Å². The second kappa shape index (κ2) is 7.45. The molecule has 0 N–H and O–H groups in total. The van der Waals surface area contributed by atoms with Crippen molar-refractivity contribution in [3.63, 3.8) is 0 Å². The van der Waals surface area contributed by atoms with Crippen LogP contribution in [-0.2, 0) is 10.0 Å². The summed E-state index contributed by atoms with van der Waals surface area (Å²) in [6, 6.07) is 6.85. The Balaban J connectivity index is 1.72. The minimum Gasteiger partial charge on any atom is -0.395 e. The van der Waals surface area contributed by atoms with Crippen LogP contribution >= 0.6 is 0 Å². The van der Waals surface area contributed by atoms with Crippen molar-refractivity contribution < 1.29 is 26.9 Å². The second-order valence-corrected chi connectivity index (χ2v) is 7.84. The smallest absolute Gasteiger partial charge is 0.395 e. The van der Waals surface area contributed by atoms with Crippen LogP contribution in [0.4, 0.5) is 10.3 Å². The van der Waals surface area contributed by atoms with Crippen molar-refractivity contribution in [3.05, 3.63) is 58.1 Å². The van der Waals surface area contributed by atoms with E-state index in [1.54, 1.807) is 0 Å². The van der Waals surface area contributed by atoms with E-state index in [1.807, 2.05) is 0 Å². The minimum absolute atomic E-state index is 0.0228. The van der Waals surface area contributed by atoms with Gasteiger partial charge in [0.2, 0.25) is 10.0 Å². The topological polar surface area (TPSA) is 114 Å². The molecule has 0 unspecified atom stereocenters. The van der Waals surface area contributed by atoms with Gasteiger partial charge in [-0.15, -0.1) is 0 Å². The van der Waals surface area contributed by atoms with Crippen LogP contribution in [0.1, 0.15) is 17.0 Å². The SMILES string of the molecule is O=C(c1ccc([N+](=O)[O-])o1)N1CCCN(S(=O)(=O)c2ccc(F)cc2)CC1. The molecule has 0 aliphatic carbocycles. The summed E-state index contributed by atoms with van der Waals surface area (Å²) in [5.74, 6) is -1.77. The maximum absolute atomic E-state index is 13.0. The van der Waals surface area contributed by atoms with Crippen LogP contribution < -0.4 is 0 Å². The van der Waals surface area contributed by atoms with Gasteiger partial charge in [-0.05, 0) is 36.8 Å². The average Bonchev–Trinajstić information content (AvgIpc) is 2.99. The average molecular weight is 397 g/mol. The number of amides is 1. The zero-order valence-electron chi connectivity index (χ0n) is 14.1. The van der Waals surface area contributed by atoms with Crippen molar-refractivity contribution in [2.24, 2.45) is 0 Å². The van der Waals surface area contributed by atoms with Gasteiger partial charge in [-0.2, -0.15) is 4.31 Å². The van der Waals surface area contributed by atoms with Gasteiger partial charge in [0.05, 0.1) is 11.0 Å². The Bertz CT molecular complexity index is 957. The molecule has 1 fully saturated rings. The molecule has 1 aliphatic heterocycles. The van der Waals surface area contributed by atoms with E-state index in [2.05, 4.69) is 0 Å². The largest absolute Gasteiger partial charge is 0.433 e. The van der Waals surface area contributed by atoms with Gasteiger partial charge in [-0.25, -0.2) is 12.8 Å². The van der Waals surface area contributed by atoms with Gasteiger partial charge >= 0.3 is 5.88 Å². The first-order chi connectivity index (χ1) is 12.8. The molecule has 2 heterocycles. The van der Waals surface area contributed by atoms with Crippen molar-refractivity contribution in [2.45, 2.75) is 11.3 Å². The van der Waals surface area contributed by atoms with E-state index in [0.717, 1.165) is 18.2 Å². The number of benzene rings is 1. The van der Waals surface area contributed by atoms with Crippen LogP contribution in [0.3, 0.4) is 0 Å². The third kappa shape index (κ3) is 3.98. The van der Waals surface area contributed by atoms with Crippen molar-refractivity contribution in [3.8, 4) is 0 Å². The Morgan fingerprint density at radius 3 is 2.41 bits per heavy atom. The molecule has 3 rings (SSSR count). The Morgan fingerprint density at radius 2 is 1.78 bits per heavy atom. The van der Waals surface area contributed by atoms with Gasteiger partial charge < -0.3 is 9.32 Å². The lowest BCUT2D eigenvalue weighted by Gasteiger charge is -2.21. The van der Waals surface area contributed by atoms with Crippen LogP contribution in [0.25, 0.3) is 0 Å². The molecule has 1 amide bonds. The number of hydrogen-bond acceptors (Lipinski definition) is 6. The third-order valence-corrected chi connectivity index (χ3v) is 6.09. The monoisotopic (exact) mass is 397 g/mol. The molecular weight excluding hydrogens is 381 g/mol. The van der Waals surface area contributed by atoms with E-state index >= 15 is 0 Å². The van der Waals surface area contributed by atoms with E-state index in [9.17, 15) is 27.7 Å². The van der Waals surface area contributed by atoms with Crippen LogP contribution in [0.2, 0.25) is 0 Å². The Labute approximate surface area is 154 Å². The number of furan rings is 1. The fourth-order valence-electron chi connectivity index (χ4n) is 2.79. The molecule has 0 bridgehead atoms. The molecule has 27 heavy (non-hydrogen) atoms. The van der Waals surface area contributed by atoms with E-state index in [1.165, 1.54) is 27.4 Å². The minimum atomic E-state index is -3.81. The number of rotatable bonds is 4. The van der Waals surface area contributed by atoms with Crippen LogP contribution in [-0.4, -0.2) is 54.6 Å². The quantitative estimate of drug-likeness (QED) is 0.575. The molecule has 2 aromatic rings. The first kappa shape index (κ1) is 19.0. The number of halogens is 1. The van der Waals surface area contributed by atoms with Gasteiger partial charge in [-0.1, -0.05) is 0 Å². The number of carbonyl (C=O) groups is 1. The van der Waals surface area contributed by atoms with Crippen LogP contribution in [0.5, 0.6) is 0 Å². The number of hydrogen-bond donors (Lipinski definition) is 0. The van der Waals surface area contributed by atoms with E-state index in [0.29, 0.717) is 6.42 Å². The summed E-state index contributed by atoms with van der Waals surface area (Å²) in [7, 11) is -3.81. The summed E-state index contributed by atoms with van der Waals surface area (Å²) in [5, 5.41) is 10.7. The number of sulfonamides is 1. The maximum Gasteiger partial charge on any atom is 0.433 e. The molecule has 1 saturated heterocycles. The van der Waals surface area contributed by atoms with Gasteiger partial charge in [0.25, 0.3) is 5.91 Å². The van der Waals surface area contributed by atoms with Crippen molar-refractivity contribution in [2.75, 3.05) is 26.2 Å². The molecule has 0 spiro atoms. The second-order valence-electron chi connectivity index (χ2n) is 5.90. The van der Waals surface area contributed by atoms with Gasteiger partial charge in [0.1, 0.15) is 10.7 Å². The predicted octanol–water partition coefficient (Wildman–Crippen LogP) is 1.86. The molecule has 0 radical (unpaired) electrons. The Hall–Kier alpha value is -2.79. The summed E-state index contributed by atoms with van der Waals surface area (Å²) in [6.07, 6.45) is 0.384. The van der Waals surface area contributed by atoms with Gasteiger partial charge in [-0.3, -0.25) is 14.9 Å². The van der Waals surface area contributed by atoms with Gasteiger partial charge in [0.15, 0.2) is 5.76 Å². The van der Waals surface area contributed by atoms with Crippen LogP contribution in [0.15, 0.2) is 45.7 Å². The highest BCUT2D eigenvalue weighted by atomic mass is 32.2. The molecule has 1 aromatic heterocycles. The molecule has 0 atom stereocenters. The number of nitro groups is 1. The standard InChI is InChI=1S/C16H16FN3O6S/c17-12-2-4-13(5-3-12)27(24,25)19-9-1-8-18(10-11-19)16(21)14-6-7-15(26-14)20(22)23/h2-7H,1,8-11H2. The predicted molar refractivity (Wildman–Crippen MR) is 91.0 cm³/mol. The number of carbonyl (C=O) groups excluding carboxylic acids is 1. The first-order valence-electron chi connectivity index (χ1n) is 8.08. The first-order valence-corrected chi connectivity index (χ1v) is 9.52. The van der Waals surface area contributed by atoms with E-state index in [-0.39, 0.29) is 36.8 Å². The maximum atomic E-state index is 13.0. The summed E-state index contributed by atoms with van der Waals surface area (Å²) in [5.41, 5.74) is 0.